The van der Waals surface area contributed by atoms with Gasteiger partial charge < -0.3 is 14.4 Å². The number of imidazole rings is 1. The molecule has 2 aromatic heterocycles. The summed E-state index contributed by atoms with van der Waals surface area (Å²) in [4.78, 5) is 15.2. The summed E-state index contributed by atoms with van der Waals surface area (Å²) < 4.78 is 13.1. The maximum Gasteiger partial charge on any atom is 0.235 e. The lowest BCUT2D eigenvalue weighted by molar-refractivity contribution is 0.340. The van der Waals surface area contributed by atoms with Crippen molar-refractivity contribution in [2.75, 3.05) is 18.1 Å². The summed E-state index contributed by atoms with van der Waals surface area (Å²) in [5, 5.41) is 0. The van der Waals surface area contributed by atoms with E-state index < -0.39 is 0 Å². The van der Waals surface area contributed by atoms with Crippen molar-refractivity contribution < 1.29 is 9.47 Å². The molecule has 0 spiro atoms. The van der Waals surface area contributed by atoms with Gasteiger partial charge in [0.1, 0.15) is 17.8 Å². The number of anilines is 3. The maximum atomic E-state index is 5.65. The first-order chi connectivity index (χ1) is 18.7. The van der Waals surface area contributed by atoms with E-state index in [-0.39, 0.29) is 0 Å². The van der Waals surface area contributed by atoms with Crippen LogP contribution in [0.3, 0.4) is 0 Å². The Morgan fingerprint density at radius 3 is 1.82 bits per heavy atom. The van der Waals surface area contributed by atoms with E-state index >= 15 is 0 Å². The molecule has 190 valence electrons. The number of benzene rings is 3. The summed E-state index contributed by atoms with van der Waals surface area (Å²) >= 11 is 0. The smallest absolute Gasteiger partial charge is 0.235 e. The van der Waals surface area contributed by atoms with Crippen molar-refractivity contribution in [2.24, 2.45) is 0 Å². The Labute approximate surface area is 222 Å². The number of hydrogen-bond acceptors (Lipinski definition) is 6. The largest absolute Gasteiger partial charge is 0.494 e. The second-order valence-corrected chi connectivity index (χ2v) is 8.37. The molecular weight excluding hydrogens is 474 g/mol. The minimum atomic E-state index is 0.585. The minimum Gasteiger partial charge on any atom is -0.494 e. The lowest BCUT2D eigenvalue weighted by Crippen LogP contribution is -2.10. The molecule has 0 aliphatic rings. The molecule has 0 saturated heterocycles. The first-order valence-corrected chi connectivity index (χ1v) is 12.6. The van der Waals surface area contributed by atoms with Gasteiger partial charge >= 0.3 is 0 Å². The second-order valence-electron chi connectivity index (χ2n) is 8.37. The monoisotopic (exact) mass is 503 g/mol. The van der Waals surface area contributed by atoms with Crippen molar-refractivity contribution >= 4 is 29.2 Å². The van der Waals surface area contributed by atoms with Crippen LogP contribution < -0.4 is 14.4 Å². The standard InChI is InChI=1S/C31H29N5O2/c1-3-37-29-15-11-27(12-16-29)36(28-13-17-30(18-14-28)38-4-2)26-9-6-24(7-10-26)5-8-25-19-20-33-31(34-25)35-22-21-32-23-35/h5-23H,3-4H2,1-2H3/b8-5+. The predicted molar refractivity (Wildman–Crippen MR) is 152 cm³/mol. The number of ether oxygens (including phenoxy) is 2. The summed E-state index contributed by atoms with van der Waals surface area (Å²) in [7, 11) is 0. The van der Waals surface area contributed by atoms with Gasteiger partial charge in [0, 0.05) is 35.7 Å². The summed E-state index contributed by atoms with van der Waals surface area (Å²) in [6.45, 7) is 5.24. The van der Waals surface area contributed by atoms with Crippen LogP contribution in [0, 0.1) is 0 Å². The van der Waals surface area contributed by atoms with Gasteiger partial charge in [-0.3, -0.25) is 4.57 Å². The van der Waals surface area contributed by atoms with Crippen molar-refractivity contribution in [1.29, 1.82) is 0 Å². The quantitative estimate of drug-likeness (QED) is 0.203. The second kappa shape index (κ2) is 11.9. The molecule has 2 heterocycles. The molecule has 5 rings (SSSR count). The lowest BCUT2D eigenvalue weighted by atomic mass is 10.1. The van der Waals surface area contributed by atoms with Crippen LogP contribution in [0.2, 0.25) is 0 Å². The van der Waals surface area contributed by atoms with Crippen molar-refractivity contribution in [3.8, 4) is 17.4 Å². The van der Waals surface area contributed by atoms with Crippen LogP contribution in [0.5, 0.6) is 11.5 Å². The van der Waals surface area contributed by atoms with Crippen LogP contribution in [0.1, 0.15) is 25.1 Å². The zero-order chi connectivity index (χ0) is 26.2. The van der Waals surface area contributed by atoms with Crippen molar-refractivity contribution in [2.45, 2.75) is 13.8 Å². The molecule has 0 aliphatic carbocycles. The van der Waals surface area contributed by atoms with Crippen LogP contribution in [0.25, 0.3) is 18.1 Å². The number of nitrogens with zero attached hydrogens (tertiary/aromatic N) is 5. The zero-order valence-electron chi connectivity index (χ0n) is 21.4. The molecule has 0 amide bonds. The Kier molecular flexibility index (Phi) is 7.75. The summed E-state index contributed by atoms with van der Waals surface area (Å²) in [6.07, 6.45) is 11.0. The van der Waals surface area contributed by atoms with Gasteiger partial charge in [0.15, 0.2) is 0 Å². The van der Waals surface area contributed by atoms with E-state index in [1.54, 1.807) is 23.3 Å². The Bertz CT molecular complexity index is 1410. The van der Waals surface area contributed by atoms with Crippen molar-refractivity contribution in [3.05, 3.63) is 115 Å². The predicted octanol–water partition coefficient (Wildman–Crippen LogP) is 7.10. The number of hydrogen-bond donors (Lipinski definition) is 0. The van der Waals surface area contributed by atoms with E-state index in [1.807, 2.05) is 62.5 Å². The number of rotatable bonds is 10. The third-order valence-electron chi connectivity index (χ3n) is 5.81. The molecule has 0 N–H and O–H groups in total. The van der Waals surface area contributed by atoms with Crippen LogP contribution >= 0.6 is 0 Å². The van der Waals surface area contributed by atoms with Gasteiger partial charge in [0.25, 0.3) is 0 Å². The molecule has 3 aromatic carbocycles. The molecule has 5 aromatic rings. The highest BCUT2D eigenvalue weighted by Crippen LogP contribution is 2.36. The van der Waals surface area contributed by atoms with Gasteiger partial charge in [-0.25, -0.2) is 15.0 Å². The van der Waals surface area contributed by atoms with Crippen LogP contribution in [-0.4, -0.2) is 32.7 Å². The first kappa shape index (κ1) is 24.8. The average Bonchev–Trinajstić information content (AvgIpc) is 3.51. The molecule has 0 bridgehead atoms. The van der Waals surface area contributed by atoms with Gasteiger partial charge in [-0.15, -0.1) is 0 Å². The third kappa shape index (κ3) is 5.90. The molecule has 38 heavy (non-hydrogen) atoms. The van der Waals surface area contributed by atoms with Gasteiger partial charge in [0.05, 0.1) is 18.9 Å². The molecule has 7 nitrogen and oxygen atoms in total. The van der Waals surface area contributed by atoms with Crippen molar-refractivity contribution in [1.82, 2.24) is 19.5 Å². The molecular formula is C31H29N5O2. The van der Waals surface area contributed by atoms with E-state index in [2.05, 4.69) is 68.4 Å². The van der Waals surface area contributed by atoms with E-state index in [0.29, 0.717) is 19.2 Å². The highest BCUT2D eigenvalue weighted by Gasteiger charge is 2.13. The fourth-order valence-electron chi connectivity index (χ4n) is 4.04. The van der Waals surface area contributed by atoms with Crippen LogP contribution in [0.4, 0.5) is 17.1 Å². The molecule has 7 heteroatoms. The highest BCUT2D eigenvalue weighted by atomic mass is 16.5. The molecule has 0 radical (unpaired) electrons. The SMILES string of the molecule is CCOc1ccc(N(c2ccc(/C=C/c3ccnc(-n4ccnc4)n3)cc2)c2ccc(OCC)cc2)cc1. The third-order valence-corrected chi connectivity index (χ3v) is 5.81. The highest BCUT2D eigenvalue weighted by molar-refractivity contribution is 5.78. The lowest BCUT2D eigenvalue weighted by Gasteiger charge is -2.26. The molecule has 0 atom stereocenters. The maximum absolute atomic E-state index is 5.65. The molecule has 0 saturated carbocycles. The van der Waals surface area contributed by atoms with Crippen molar-refractivity contribution in [3.63, 3.8) is 0 Å². The topological polar surface area (TPSA) is 65.3 Å². The molecule has 0 unspecified atom stereocenters. The van der Waals surface area contributed by atoms with Crippen LogP contribution in [-0.2, 0) is 0 Å². The Morgan fingerprint density at radius 2 is 1.29 bits per heavy atom. The summed E-state index contributed by atoms with van der Waals surface area (Å²) in [5.74, 6) is 2.29. The van der Waals surface area contributed by atoms with E-state index in [9.17, 15) is 0 Å². The Hall–Kier alpha value is -4.91. The first-order valence-electron chi connectivity index (χ1n) is 12.6. The molecule has 0 fully saturated rings. The Morgan fingerprint density at radius 1 is 0.711 bits per heavy atom. The van der Waals surface area contributed by atoms with Gasteiger partial charge in [-0.2, -0.15) is 0 Å². The summed E-state index contributed by atoms with van der Waals surface area (Å²) in [5.41, 5.74) is 5.00. The van der Waals surface area contributed by atoms with Gasteiger partial charge in [-0.05, 0) is 92.2 Å². The van der Waals surface area contributed by atoms with Gasteiger partial charge in [0.2, 0.25) is 5.95 Å². The zero-order valence-corrected chi connectivity index (χ0v) is 21.4. The van der Waals surface area contributed by atoms with Crippen LogP contribution in [0.15, 0.2) is 104 Å². The minimum absolute atomic E-state index is 0.585. The Balaban J connectivity index is 1.41. The fourth-order valence-corrected chi connectivity index (χ4v) is 4.04. The van der Waals surface area contributed by atoms with Gasteiger partial charge in [-0.1, -0.05) is 18.2 Å². The average molecular weight is 504 g/mol. The van der Waals surface area contributed by atoms with E-state index in [1.165, 1.54) is 0 Å². The number of aromatic nitrogens is 4. The molecule has 0 aliphatic heterocycles. The van der Waals surface area contributed by atoms with E-state index in [0.717, 1.165) is 39.8 Å². The normalized spacial score (nSPS) is 11.0. The summed E-state index contributed by atoms with van der Waals surface area (Å²) in [6, 6.07) is 26.6. The van der Waals surface area contributed by atoms with E-state index in [4.69, 9.17) is 9.47 Å². The fraction of sp³-hybridized carbons (Fsp3) is 0.129.